The number of hydrogen-bond acceptors (Lipinski definition) is 3. The summed E-state index contributed by atoms with van der Waals surface area (Å²) in [6, 6.07) is 5.16. The highest BCUT2D eigenvalue weighted by Crippen LogP contribution is 2.27. The first-order valence-electron chi connectivity index (χ1n) is 6.41. The van der Waals surface area contributed by atoms with Gasteiger partial charge < -0.3 is 14.4 Å². The Hall–Kier alpha value is -1.26. The quantitative estimate of drug-likeness (QED) is 0.856. The summed E-state index contributed by atoms with van der Waals surface area (Å²) in [4.78, 5) is 14.0. The molecule has 1 saturated heterocycles. The predicted molar refractivity (Wildman–Crippen MR) is 73.9 cm³/mol. The Morgan fingerprint density at radius 2 is 2.05 bits per heavy atom. The summed E-state index contributed by atoms with van der Waals surface area (Å²) in [5.41, 5.74) is 0.586. The summed E-state index contributed by atoms with van der Waals surface area (Å²) in [6.45, 7) is 6.30. The zero-order valence-electron chi connectivity index (χ0n) is 11.2. The van der Waals surface area contributed by atoms with E-state index in [9.17, 15) is 4.79 Å². The number of rotatable bonds is 3. The van der Waals surface area contributed by atoms with Crippen LogP contribution in [0.5, 0.6) is 5.75 Å². The number of carbonyl (C=O) groups excluding carboxylic acids is 1. The molecule has 0 saturated carbocycles. The van der Waals surface area contributed by atoms with Crippen molar-refractivity contribution in [2.75, 3.05) is 26.3 Å². The molecular formula is C14H18ClNO3. The lowest BCUT2D eigenvalue weighted by atomic mass is 10.2. The Labute approximate surface area is 118 Å². The van der Waals surface area contributed by atoms with Gasteiger partial charge in [0.1, 0.15) is 5.75 Å². The van der Waals surface area contributed by atoms with E-state index in [0.29, 0.717) is 42.6 Å². The van der Waals surface area contributed by atoms with Crippen molar-refractivity contribution in [3.63, 3.8) is 0 Å². The topological polar surface area (TPSA) is 38.8 Å². The smallest absolute Gasteiger partial charge is 0.254 e. The third-order valence-electron chi connectivity index (χ3n) is 2.84. The number of nitrogens with zero attached hydrogens (tertiary/aromatic N) is 1. The van der Waals surface area contributed by atoms with Gasteiger partial charge in [-0.25, -0.2) is 0 Å². The molecule has 1 aliphatic rings. The molecule has 5 heteroatoms. The number of ether oxygens (including phenoxy) is 2. The first kappa shape index (κ1) is 14.2. The summed E-state index contributed by atoms with van der Waals surface area (Å²) >= 11 is 6.14. The minimum Gasteiger partial charge on any atom is -0.489 e. The fourth-order valence-corrected chi connectivity index (χ4v) is 2.16. The second kappa shape index (κ2) is 6.26. The van der Waals surface area contributed by atoms with Crippen molar-refractivity contribution >= 4 is 17.5 Å². The normalized spacial score (nSPS) is 15.7. The molecule has 0 aromatic heterocycles. The zero-order chi connectivity index (χ0) is 13.8. The summed E-state index contributed by atoms with van der Waals surface area (Å²) in [5.74, 6) is 0.594. The number of carbonyl (C=O) groups is 1. The van der Waals surface area contributed by atoms with Crippen molar-refractivity contribution in [1.29, 1.82) is 0 Å². The van der Waals surface area contributed by atoms with Gasteiger partial charge in [0.25, 0.3) is 5.91 Å². The van der Waals surface area contributed by atoms with Crippen molar-refractivity contribution in [2.24, 2.45) is 0 Å². The van der Waals surface area contributed by atoms with Crippen molar-refractivity contribution in [2.45, 2.75) is 20.0 Å². The molecular weight excluding hydrogens is 266 g/mol. The third kappa shape index (κ3) is 3.61. The molecule has 0 aliphatic carbocycles. The van der Waals surface area contributed by atoms with E-state index in [1.54, 1.807) is 23.1 Å². The maximum atomic E-state index is 12.3. The van der Waals surface area contributed by atoms with Crippen molar-refractivity contribution in [1.82, 2.24) is 4.90 Å². The van der Waals surface area contributed by atoms with Gasteiger partial charge in [0.15, 0.2) is 0 Å². The van der Waals surface area contributed by atoms with Crippen molar-refractivity contribution in [3.05, 3.63) is 28.8 Å². The Morgan fingerprint density at radius 1 is 1.37 bits per heavy atom. The predicted octanol–water partition coefficient (Wildman–Crippen LogP) is 2.60. The summed E-state index contributed by atoms with van der Waals surface area (Å²) in [5, 5.41) is 0.466. The van der Waals surface area contributed by atoms with E-state index in [1.165, 1.54) is 0 Å². The molecule has 1 aromatic carbocycles. The van der Waals surface area contributed by atoms with Gasteiger partial charge in [0, 0.05) is 18.7 Å². The molecule has 4 nitrogen and oxygen atoms in total. The highest BCUT2D eigenvalue weighted by Gasteiger charge is 2.19. The Bertz CT molecular complexity index is 456. The highest BCUT2D eigenvalue weighted by atomic mass is 35.5. The Morgan fingerprint density at radius 3 is 2.63 bits per heavy atom. The van der Waals surface area contributed by atoms with Crippen LogP contribution < -0.4 is 4.74 Å². The molecule has 1 aromatic rings. The standard InChI is InChI=1S/C14H18ClNO3/c1-10(2)19-13-4-3-11(9-12(13)15)14(17)16-5-7-18-8-6-16/h3-4,9-10H,5-8H2,1-2H3. The number of morpholine rings is 1. The van der Waals surface area contributed by atoms with Crippen LogP contribution in [0.1, 0.15) is 24.2 Å². The largest absolute Gasteiger partial charge is 0.489 e. The van der Waals surface area contributed by atoms with Crippen molar-refractivity contribution in [3.8, 4) is 5.75 Å². The Kier molecular flexibility index (Phi) is 4.66. The zero-order valence-corrected chi connectivity index (χ0v) is 11.9. The van der Waals surface area contributed by atoms with Crippen LogP contribution in [0.2, 0.25) is 5.02 Å². The second-order valence-electron chi connectivity index (χ2n) is 4.72. The van der Waals surface area contributed by atoms with Crippen LogP contribution in [0.3, 0.4) is 0 Å². The summed E-state index contributed by atoms with van der Waals surface area (Å²) < 4.78 is 10.8. The van der Waals surface area contributed by atoms with Gasteiger partial charge in [0.05, 0.1) is 24.3 Å². The minimum atomic E-state index is -0.0127. The SMILES string of the molecule is CC(C)Oc1ccc(C(=O)N2CCOCC2)cc1Cl. The van der Waals surface area contributed by atoms with E-state index in [4.69, 9.17) is 21.1 Å². The summed E-state index contributed by atoms with van der Waals surface area (Å²) in [6.07, 6.45) is 0.0540. The number of halogens is 1. The average Bonchev–Trinajstić information content (AvgIpc) is 2.41. The monoisotopic (exact) mass is 283 g/mol. The van der Waals surface area contributed by atoms with Crippen LogP contribution in [-0.2, 0) is 4.74 Å². The molecule has 1 aliphatic heterocycles. The van der Waals surface area contributed by atoms with Gasteiger partial charge in [-0.1, -0.05) is 11.6 Å². The van der Waals surface area contributed by atoms with Crippen LogP contribution in [0.4, 0.5) is 0 Å². The van der Waals surface area contributed by atoms with E-state index in [0.717, 1.165) is 0 Å². The van der Waals surface area contributed by atoms with Crippen LogP contribution in [0, 0.1) is 0 Å². The molecule has 0 radical (unpaired) electrons. The lowest BCUT2D eigenvalue weighted by molar-refractivity contribution is 0.0303. The molecule has 1 heterocycles. The first-order chi connectivity index (χ1) is 9.08. The molecule has 0 unspecified atom stereocenters. The van der Waals surface area contributed by atoms with Crippen LogP contribution >= 0.6 is 11.6 Å². The molecule has 0 N–H and O–H groups in total. The van der Waals surface area contributed by atoms with E-state index < -0.39 is 0 Å². The fraction of sp³-hybridized carbons (Fsp3) is 0.500. The maximum Gasteiger partial charge on any atom is 0.254 e. The van der Waals surface area contributed by atoms with Crippen LogP contribution in [0.25, 0.3) is 0 Å². The van der Waals surface area contributed by atoms with E-state index >= 15 is 0 Å². The molecule has 104 valence electrons. The molecule has 1 fully saturated rings. The molecule has 2 rings (SSSR count). The fourth-order valence-electron chi connectivity index (χ4n) is 1.93. The number of hydrogen-bond donors (Lipinski definition) is 0. The van der Waals surface area contributed by atoms with Gasteiger partial charge in [-0.05, 0) is 32.0 Å². The molecule has 0 bridgehead atoms. The first-order valence-corrected chi connectivity index (χ1v) is 6.79. The molecule has 19 heavy (non-hydrogen) atoms. The van der Waals surface area contributed by atoms with Gasteiger partial charge in [-0.2, -0.15) is 0 Å². The summed E-state index contributed by atoms with van der Waals surface area (Å²) in [7, 11) is 0. The van der Waals surface area contributed by atoms with E-state index in [-0.39, 0.29) is 12.0 Å². The lowest BCUT2D eigenvalue weighted by Gasteiger charge is -2.27. The number of amides is 1. The minimum absolute atomic E-state index is 0.0127. The highest BCUT2D eigenvalue weighted by molar-refractivity contribution is 6.32. The second-order valence-corrected chi connectivity index (χ2v) is 5.12. The lowest BCUT2D eigenvalue weighted by Crippen LogP contribution is -2.40. The van der Waals surface area contributed by atoms with Gasteiger partial charge in [-0.3, -0.25) is 4.79 Å². The molecule has 1 amide bonds. The van der Waals surface area contributed by atoms with Gasteiger partial charge in [-0.15, -0.1) is 0 Å². The maximum absolute atomic E-state index is 12.3. The molecule has 0 atom stereocenters. The number of benzene rings is 1. The van der Waals surface area contributed by atoms with E-state index in [2.05, 4.69) is 0 Å². The Balaban J connectivity index is 2.12. The van der Waals surface area contributed by atoms with Crippen LogP contribution in [0.15, 0.2) is 18.2 Å². The average molecular weight is 284 g/mol. The molecule has 0 spiro atoms. The van der Waals surface area contributed by atoms with Crippen LogP contribution in [-0.4, -0.2) is 43.2 Å². The van der Waals surface area contributed by atoms with E-state index in [1.807, 2.05) is 13.8 Å². The van der Waals surface area contributed by atoms with Gasteiger partial charge >= 0.3 is 0 Å². The van der Waals surface area contributed by atoms with Crippen molar-refractivity contribution < 1.29 is 14.3 Å². The third-order valence-corrected chi connectivity index (χ3v) is 3.14. The van der Waals surface area contributed by atoms with Gasteiger partial charge in [0.2, 0.25) is 0 Å².